The van der Waals surface area contributed by atoms with Gasteiger partial charge in [0.2, 0.25) is 0 Å². The Morgan fingerprint density at radius 2 is 2.00 bits per heavy atom. The third-order valence-electron chi connectivity index (χ3n) is 3.08. The van der Waals surface area contributed by atoms with E-state index in [1.807, 2.05) is 10.8 Å². The minimum absolute atomic E-state index is 0.0931. The number of nitrogens with zero attached hydrogens (tertiary/aromatic N) is 2. The maximum absolute atomic E-state index is 12.1. The van der Waals surface area contributed by atoms with E-state index in [1.54, 1.807) is 0 Å². The maximum Gasteiger partial charge on any atom is 0.174 e. The highest BCUT2D eigenvalue weighted by Gasteiger charge is 2.28. The molecule has 0 aliphatic carbocycles. The molecule has 0 amide bonds. The fourth-order valence-corrected chi connectivity index (χ4v) is 2.19. The number of rotatable bonds is 2. The highest BCUT2D eigenvalue weighted by Crippen LogP contribution is 2.36. The van der Waals surface area contributed by atoms with Crippen LogP contribution in [-0.4, -0.2) is 16.2 Å². The van der Waals surface area contributed by atoms with Gasteiger partial charge in [-0.15, -0.1) is 0 Å². The van der Waals surface area contributed by atoms with Gasteiger partial charge in [-0.2, -0.15) is 0 Å². The predicted molar refractivity (Wildman–Crippen MR) is 69.1 cm³/mol. The summed E-state index contributed by atoms with van der Waals surface area (Å²) in [6, 6.07) is 0.277. The number of aromatic nitrogens is 1. The second-order valence-electron chi connectivity index (χ2n) is 5.14. The lowest BCUT2D eigenvalue weighted by Gasteiger charge is -2.14. The van der Waals surface area contributed by atoms with E-state index in [-0.39, 0.29) is 18.2 Å². The average molecular weight is 233 g/mol. The second kappa shape index (κ2) is 4.02. The molecule has 0 bridgehead atoms. The molecule has 1 aromatic rings. The van der Waals surface area contributed by atoms with E-state index in [1.165, 1.54) is 0 Å². The van der Waals surface area contributed by atoms with Crippen LogP contribution in [0.4, 0.5) is 5.82 Å². The molecule has 0 aromatic carbocycles. The van der Waals surface area contributed by atoms with Crippen LogP contribution in [0.1, 0.15) is 62.0 Å². The Bertz CT molecular complexity index is 495. The Morgan fingerprint density at radius 1 is 1.35 bits per heavy atom. The molecule has 1 aliphatic heterocycles. The fraction of sp³-hybridized carbons (Fsp3) is 0.538. The van der Waals surface area contributed by atoms with Crippen LogP contribution in [0.15, 0.2) is 11.2 Å². The third-order valence-corrected chi connectivity index (χ3v) is 3.08. The van der Waals surface area contributed by atoms with E-state index >= 15 is 0 Å². The molecule has 1 aliphatic rings. The number of hydrogen-bond acceptors (Lipinski definition) is 3. The van der Waals surface area contributed by atoms with Gasteiger partial charge in [0.1, 0.15) is 11.7 Å². The highest BCUT2D eigenvalue weighted by molar-refractivity contribution is 6.15. The van der Waals surface area contributed by atoms with Crippen LogP contribution in [-0.2, 0) is 0 Å². The fourth-order valence-electron chi connectivity index (χ4n) is 2.19. The van der Waals surface area contributed by atoms with Crippen LogP contribution in [0.5, 0.6) is 0 Å². The van der Waals surface area contributed by atoms with Crippen molar-refractivity contribution in [3.8, 4) is 0 Å². The summed E-state index contributed by atoms with van der Waals surface area (Å²) < 4.78 is 2.04. The smallest absolute Gasteiger partial charge is 0.174 e. The summed E-state index contributed by atoms with van der Waals surface area (Å²) in [4.78, 5) is 16.4. The van der Waals surface area contributed by atoms with E-state index in [2.05, 4.69) is 32.7 Å². The molecular formula is C13H19N3O. The zero-order valence-corrected chi connectivity index (χ0v) is 10.8. The van der Waals surface area contributed by atoms with Gasteiger partial charge in [-0.3, -0.25) is 4.79 Å². The van der Waals surface area contributed by atoms with Gasteiger partial charge in [0.15, 0.2) is 5.78 Å². The lowest BCUT2D eigenvalue weighted by atomic mass is 9.96. The second-order valence-corrected chi connectivity index (χ2v) is 5.14. The molecule has 2 rings (SSSR count). The van der Waals surface area contributed by atoms with Gasteiger partial charge in [-0.1, -0.05) is 13.8 Å². The Kier molecular flexibility index (Phi) is 2.81. The van der Waals surface area contributed by atoms with Crippen molar-refractivity contribution in [3.05, 3.63) is 17.3 Å². The number of aliphatic imine (C=N–C) groups is 1. The van der Waals surface area contributed by atoms with Crippen LogP contribution in [0.25, 0.3) is 0 Å². The van der Waals surface area contributed by atoms with Crippen LogP contribution in [0.2, 0.25) is 0 Å². The van der Waals surface area contributed by atoms with Crippen molar-refractivity contribution in [2.24, 2.45) is 10.7 Å². The average Bonchev–Trinajstić information content (AvgIpc) is 2.56. The molecule has 17 heavy (non-hydrogen) atoms. The van der Waals surface area contributed by atoms with E-state index < -0.39 is 0 Å². The summed E-state index contributed by atoms with van der Waals surface area (Å²) in [6.07, 6.45) is 2.29. The van der Waals surface area contributed by atoms with Crippen LogP contribution in [0.3, 0.4) is 0 Å². The number of amidine groups is 1. The first kappa shape index (κ1) is 11.9. The molecule has 4 nitrogen and oxygen atoms in total. The maximum atomic E-state index is 12.1. The van der Waals surface area contributed by atoms with Crippen LogP contribution >= 0.6 is 0 Å². The molecule has 0 radical (unpaired) electrons. The Hall–Kier alpha value is -1.58. The standard InChI is InChI=1S/C13H19N3O/c1-7(2)9-6-16(8(3)4)13-12(9)10(17)5-11(14)15-13/h6-8H,5H2,1-4H3,(H2,14,15). The minimum Gasteiger partial charge on any atom is -0.387 e. The first-order chi connectivity index (χ1) is 7.91. The Labute approximate surface area is 102 Å². The van der Waals surface area contributed by atoms with Crippen molar-refractivity contribution >= 4 is 17.4 Å². The van der Waals surface area contributed by atoms with Gasteiger partial charge in [0.05, 0.1) is 12.0 Å². The SMILES string of the molecule is CC(C)c1cn(C(C)C)c2c1C(=O)CC(N)=N2. The zero-order valence-electron chi connectivity index (χ0n) is 10.8. The Morgan fingerprint density at radius 3 is 2.53 bits per heavy atom. The first-order valence-corrected chi connectivity index (χ1v) is 6.02. The topological polar surface area (TPSA) is 60.4 Å². The molecule has 0 unspecified atom stereocenters. The molecule has 0 fully saturated rings. The van der Waals surface area contributed by atoms with Crippen molar-refractivity contribution in [2.75, 3.05) is 0 Å². The van der Waals surface area contributed by atoms with Gasteiger partial charge in [0.25, 0.3) is 0 Å². The summed E-state index contributed by atoms with van der Waals surface area (Å²) in [7, 11) is 0. The van der Waals surface area contributed by atoms with Gasteiger partial charge < -0.3 is 10.3 Å². The van der Waals surface area contributed by atoms with Gasteiger partial charge in [-0.05, 0) is 25.3 Å². The highest BCUT2D eigenvalue weighted by atomic mass is 16.1. The Balaban J connectivity index is 2.70. The molecular weight excluding hydrogens is 214 g/mol. The number of carbonyl (C=O) groups excluding carboxylic acids is 1. The largest absolute Gasteiger partial charge is 0.387 e. The summed E-state index contributed by atoms with van der Waals surface area (Å²) in [5, 5.41) is 0. The monoisotopic (exact) mass is 233 g/mol. The quantitative estimate of drug-likeness (QED) is 0.853. The summed E-state index contributed by atoms with van der Waals surface area (Å²) >= 11 is 0. The molecule has 1 aromatic heterocycles. The van der Waals surface area contributed by atoms with Crippen molar-refractivity contribution in [3.63, 3.8) is 0 Å². The predicted octanol–water partition coefficient (Wildman–Crippen LogP) is 2.77. The molecule has 2 heterocycles. The third kappa shape index (κ3) is 1.88. The number of ketones is 1. The molecule has 92 valence electrons. The normalized spacial score (nSPS) is 15.4. The summed E-state index contributed by atoms with van der Waals surface area (Å²) in [6.45, 7) is 8.34. The molecule has 0 spiro atoms. The molecule has 0 atom stereocenters. The van der Waals surface area contributed by atoms with Crippen molar-refractivity contribution in [1.82, 2.24) is 4.57 Å². The minimum atomic E-state index is 0.0931. The number of hydrogen-bond donors (Lipinski definition) is 1. The van der Waals surface area contributed by atoms with E-state index in [0.29, 0.717) is 11.8 Å². The van der Waals surface area contributed by atoms with Crippen molar-refractivity contribution in [1.29, 1.82) is 0 Å². The lowest BCUT2D eigenvalue weighted by molar-refractivity contribution is 0.0998. The number of fused-ring (bicyclic) bond motifs is 1. The van der Waals surface area contributed by atoms with Crippen molar-refractivity contribution < 1.29 is 4.79 Å². The molecule has 0 saturated heterocycles. The van der Waals surface area contributed by atoms with E-state index in [9.17, 15) is 4.79 Å². The van der Waals surface area contributed by atoms with E-state index in [4.69, 9.17) is 5.73 Å². The summed E-state index contributed by atoms with van der Waals surface area (Å²) in [5.41, 5.74) is 7.56. The zero-order chi connectivity index (χ0) is 12.7. The molecule has 2 N–H and O–H groups in total. The molecule has 0 saturated carbocycles. The lowest BCUT2D eigenvalue weighted by Crippen LogP contribution is -2.21. The number of nitrogens with two attached hydrogens (primary N) is 1. The van der Waals surface area contributed by atoms with Gasteiger partial charge in [0, 0.05) is 12.2 Å². The number of Topliss-reactive ketones (excluding diaryl/α,β-unsaturated/α-hetero) is 1. The van der Waals surface area contributed by atoms with E-state index in [0.717, 1.165) is 16.9 Å². The van der Waals surface area contributed by atoms with Gasteiger partial charge >= 0.3 is 0 Å². The first-order valence-electron chi connectivity index (χ1n) is 6.02. The number of carbonyl (C=O) groups is 1. The molecule has 4 heteroatoms. The van der Waals surface area contributed by atoms with Gasteiger partial charge in [-0.25, -0.2) is 4.99 Å². The van der Waals surface area contributed by atoms with Crippen molar-refractivity contribution in [2.45, 2.75) is 46.1 Å². The van der Waals surface area contributed by atoms with Crippen LogP contribution in [0, 0.1) is 0 Å². The van der Waals surface area contributed by atoms with Crippen LogP contribution < -0.4 is 5.73 Å². The summed E-state index contributed by atoms with van der Waals surface area (Å²) in [5.74, 6) is 1.56.